The highest BCUT2D eigenvalue weighted by Crippen LogP contribution is 2.44. The molecule has 0 rings (SSSR count). The predicted molar refractivity (Wildman–Crippen MR) is 62.4 cm³/mol. The van der Waals surface area contributed by atoms with Crippen LogP contribution in [0.5, 0.6) is 0 Å². The van der Waals surface area contributed by atoms with E-state index in [-0.39, 0.29) is 0 Å². The van der Waals surface area contributed by atoms with E-state index in [0.717, 1.165) is 0 Å². The van der Waals surface area contributed by atoms with Crippen LogP contribution < -0.4 is 16.4 Å². The van der Waals surface area contributed by atoms with Crippen molar-refractivity contribution in [3.8, 4) is 0 Å². The molecule has 0 radical (unpaired) electrons. The first kappa shape index (κ1) is 17.0. The summed E-state index contributed by atoms with van der Waals surface area (Å²) in [5.74, 6) is -2.55. The molecule has 1 unspecified atom stereocenters. The van der Waals surface area contributed by atoms with Gasteiger partial charge in [-0.3, -0.25) is 14.2 Å². The van der Waals surface area contributed by atoms with E-state index in [1.54, 1.807) is 0 Å². The van der Waals surface area contributed by atoms with Crippen molar-refractivity contribution in [2.75, 3.05) is 0 Å². The van der Waals surface area contributed by atoms with Gasteiger partial charge in [0, 0.05) is 0 Å². The molecule has 0 saturated carbocycles. The van der Waals surface area contributed by atoms with Gasteiger partial charge in [0.25, 0.3) is 0 Å². The Kier molecular flexibility index (Phi) is 6.44. The summed E-state index contributed by atoms with van der Waals surface area (Å²) in [5.41, 5.74) is 5.30. The molecule has 0 aromatic carbocycles. The molecule has 4 atom stereocenters. The van der Waals surface area contributed by atoms with Crippen LogP contribution in [0.25, 0.3) is 0 Å². The van der Waals surface area contributed by atoms with Crippen LogP contribution in [0.4, 0.5) is 0 Å². The van der Waals surface area contributed by atoms with E-state index >= 15 is 0 Å². The fraction of sp³-hybridized carbons (Fsp3) is 0.750. The number of nitrogens with one attached hydrogen (secondary N) is 2. The summed E-state index contributed by atoms with van der Waals surface area (Å²) in [6.07, 6.45) is 0. The van der Waals surface area contributed by atoms with Crippen LogP contribution >= 0.6 is 7.60 Å². The first-order valence-electron chi connectivity index (χ1n) is 5.13. The Morgan fingerprint density at radius 1 is 1.22 bits per heavy atom. The molecule has 2 amide bonds. The fourth-order valence-corrected chi connectivity index (χ4v) is 1.33. The normalized spacial score (nSPS) is 19.2. The Balaban J connectivity index is 4.42. The molecule has 0 bridgehead atoms. The van der Waals surface area contributed by atoms with Gasteiger partial charge in [-0.05, 0) is 20.8 Å². The van der Waals surface area contributed by atoms with Gasteiger partial charge in [0.2, 0.25) is 11.8 Å². The molecule has 6 N–H and O–H groups in total. The smallest absolute Gasteiger partial charge is 0.343 e. The van der Waals surface area contributed by atoms with E-state index < -0.39 is 37.3 Å². The van der Waals surface area contributed by atoms with Crippen molar-refractivity contribution in [1.29, 1.82) is 0 Å². The lowest BCUT2D eigenvalue weighted by Crippen LogP contribution is -2.50. The third-order valence-corrected chi connectivity index (χ3v) is 3.47. The summed E-state index contributed by atoms with van der Waals surface area (Å²) in [4.78, 5) is 31.8. The average molecular weight is 283 g/mol. The highest BCUT2D eigenvalue weighted by molar-refractivity contribution is 7.53. The molecule has 0 aliphatic carbocycles. The maximum Gasteiger partial charge on any atom is 0.376 e. The van der Waals surface area contributed by atoms with Crippen molar-refractivity contribution < 1.29 is 29.0 Å². The monoisotopic (exact) mass is 283 g/mol. The minimum Gasteiger partial charge on any atom is -0.343 e. The second-order valence-electron chi connectivity index (χ2n) is 3.85. The second kappa shape index (κ2) is 6.81. The number of hydrogen-bond acceptors (Lipinski definition) is 6. The summed E-state index contributed by atoms with van der Waals surface area (Å²) < 4.78 is 14.5. The topological polar surface area (TPSA) is 151 Å². The number of carbonyl (C=O) groups is 2. The van der Waals surface area contributed by atoms with Crippen LogP contribution in [0.2, 0.25) is 0 Å². The molecule has 106 valence electrons. The maximum absolute atomic E-state index is 11.5. The lowest BCUT2D eigenvalue weighted by atomic mass is 10.2. The van der Waals surface area contributed by atoms with Gasteiger partial charge in [0.05, 0.1) is 6.04 Å². The summed E-state index contributed by atoms with van der Waals surface area (Å²) in [6.45, 7) is 4.00. The largest absolute Gasteiger partial charge is 0.376 e. The molecule has 10 heteroatoms. The average Bonchev–Trinajstić information content (AvgIpc) is 2.28. The van der Waals surface area contributed by atoms with Gasteiger partial charge in [-0.2, -0.15) is 4.67 Å². The van der Waals surface area contributed by atoms with Gasteiger partial charge in [-0.1, -0.05) is 0 Å². The lowest BCUT2D eigenvalue weighted by molar-refractivity contribution is -0.148. The van der Waals surface area contributed by atoms with Crippen molar-refractivity contribution in [2.24, 2.45) is 5.73 Å². The molecule has 0 aromatic heterocycles. The van der Waals surface area contributed by atoms with Gasteiger partial charge in [-0.15, -0.1) is 0 Å². The SMILES string of the molecule is C[C@H](N)C(=O)N[C@@H](C)C(=O)N[C@@H](C)P(=O)(O)OO. The van der Waals surface area contributed by atoms with Crippen molar-refractivity contribution in [3.05, 3.63) is 0 Å². The van der Waals surface area contributed by atoms with Gasteiger partial charge in [-0.25, -0.2) is 5.26 Å². The molecule has 0 aliphatic rings. The van der Waals surface area contributed by atoms with Gasteiger partial charge in [0.1, 0.15) is 11.8 Å². The van der Waals surface area contributed by atoms with Gasteiger partial charge >= 0.3 is 7.60 Å². The van der Waals surface area contributed by atoms with E-state index in [1.807, 2.05) is 0 Å². The van der Waals surface area contributed by atoms with Crippen molar-refractivity contribution >= 4 is 19.4 Å². The maximum atomic E-state index is 11.5. The van der Waals surface area contributed by atoms with Crippen LogP contribution in [-0.4, -0.2) is 39.8 Å². The number of nitrogens with two attached hydrogens (primary N) is 1. The molecule has 18 heavy (non-hydrogen) atoms. The van der Waals surface area contributed by atoms with Gasteiger partial charge in [0.15, 0.2) is 0 Å². The Hall–Kier alpha value is -0.990. The standard InChI is InChI=1S/C8H18N3O6P/c1-4(9)7(12)10-5(2)8(13)11-6(3)18(15,16)17-14/h4-6,14H,9H2,1-3H3,(H,10,12)(H,11,13)(H,15,16)/t4-,5-,6+/m0/s1. The Morgan fingerprint density at radius 2 is 1.72 bits per heavy atom. The van der Waals surface area contributed by atoms with Crippen LogP contribution in [0.15, 0.2) is 0 Å². The third kappa shape index (κ3) is 5.11. The first-order chi connectivity index (χ1) is 8.11. The molecule has 0 heterocycles. The molecule has 0 aliphatic heterocycles. The van der Waals surface area contributed by atoms with Crippen molar-refractivity contribution in [2.45, 2.75) is 38.6 Å². The second-order valence-corrected chi connectivity index (χ2v) is 5.92. The number of hydrogen-bond donors (Lipinski definition) is 5. The zero-order chi connectivity index (χ0) is 14.5. The Morgan fingerprint density at radius 3 is 2.11 bits per heavy atom. The third-order valence-electron chi connectivity index (χ3n) is 2.12. The summed E-state index contributed by atoms with van der Waals surface area (Å²) in [5, 5.41) is 12.6. The van der Waals surface area contributed by atoms with E-state index in [0.29, 0.717) is 0 Å². The number of amides is 2. The minimum atomic E-state index is -4.33. The zero-order valence-electron chi connectivity index (χ0n) is 10.3. The van der Waals surface area contributed by atoms with Crippen LogP contribution in [0.1, 0.15) is 20.8 Å². The lowest BCUT2D eigenvalue weighted by Gasteiger charge is -2.20. The van der Waals surface area contributed by atoms with Crippen LogP contribution in [0, 0.1) is 0 Å². The molecule has 9 nitrogen and oxygen atoms in total. The fourth-order valence-electron chi connectivity index (χ4n) is 0.894. The van der Waals surface area contributed by atoms with Crippen LogP contribution in [-0.2, 0) is 18.8 Å². The first-order valence-corrected chi connectivity index (χ1v) is 6.78. The van der Waals surface area contributed by atoms with E-state index in [9.17, 15) is 14.2 Å². The van der Waals surface area contributed by atoms with E-state index in [4.69, 9.17) is 15.9 Å². The summed E-state index contributed by atoms with van der Waals surface area (Å²) in [7, 11) is -4.33. The van der Waals surface area contributed by atoms with Crippen molar-refractivity contribution in [1.82, 2.24) is 10.6 Å². The molecular weight excluding hydrogens is 265 g/mol. The highest BCUT2D eigenvalue weighted by Gasteiger charge is 2.31. The van der Waals surface area contributed by atoms with Gasteiger partial charge < -0.3 is 21.3 Å². The highest BCUT2D eigenvalue weighted by atomic mass is 31.2. The molecule has 0 spiro atoms. The molecular formula is C8H18N3O6P. The zero-order valence-corrected chi connectivity index (χ0v) is 11.2. The quantitative estimate of drug-likeness (QED) is 0.237. The summed E-state index contributed by atoms with van der Waals surface area (Å²) >= 11 is 0. The molecule has 0 aromatic rings. The summed E-state index contributed by atoms with van der Waals surface area (Å²) in [6, 6.07) is -1.72. The molecule has 0 fully saturated rings. The van der Waals surface area contributed by atoms with E-state index in [2.05, 4.69) is 15.3 Å². The predicted octanol–water partition coefficient (Wildman–Crippen LogP) is -1.02. The van der Waals surface area contributed by atoms with Crippen molar-refractivity contribution in [3.63, 3.8) is 0 Å². The van der Waals surface area contributed by atoms with Crippen LogP contribution in [0.3, 0.4) is 0 Å². The Bertz CT molecular complexity index is 361. The Labute approximate surface area is 104 Å². The van der Waals surface area contributed by atoms with E-state index in [1.165, 1.54) is 20.8 Å². The number of rotatable bonds is 6. The number of carbonyl (C=O) groups excluding carboxylic acids is 2. The molecule has 0 saturated heterocycles. The minimum absolute atomic E-state index is 0.532.